The number of amides is 1. The van der Waals surface area contributed by atoms with Gasteiger partial charge in [0.25, 0.3) is 5.91 Å². The van der Waals surface area contributed by atoms with Crippen LogP contribution in [0.3, 0.4) is 0 Å². The molecule has 22 heavy (non-hydrogen) atoms. The summed E-state index contributed by atoms with van der Waals surface area (Å²) in [5.74, 6) is -1.08. The number of benzene rings is 2. The van der Waals surface area contributed by atoms with Crippen molar-refractivity contribution in [3.8, 4) is 0 Å². The highest BCUT2D eigenvalue weighted by molar-refractivity contribution is 6.10. The van der Waals surface area contributed by atoms with Crippen molar-refractivity contribution < 1.29 is 14.3 Å². The van der Waals surface area contributed by atoms with Gasteiger partial charge in [0.2, 0.25) is 6.04 Å². The zero-order chi connectivity index (χ0) is 15.8. The van der Waals surface area contributed by atoms with Crippen LogP contribution in [0.4, 0.5) is 11.4 Å². The van der Waals surface area contributed by atoms with E-state index in [9.17, 15) is 9.59 Å². The first-order valence-corrected chi connectivity index (χ1v) is 7.05. The van der Waals surface area contributed by atoms with Crippen LogP contribution in [0.15, 0.2) is 60.7 Å². The van der Waals surface area contributed by atoms with Gasteiger partial charge in [-0.25, -0.2) is 4.79 Å². The topological polar surface area (TPSA) is 67.4 Å². The van der Waals surface area contributed by atoms with Crippen LogP contribution in [0.25, 0.3) is 0 Å². The SMILES string of the molecule is CCOC(=O)C(Nc1ccccc1)C(=O)Nc1ccccc1. The van der Waals surface area contributed by atoms with Gasteiger partial charge >= 0.3 is 5.97 Å². The van der Waals surface area contributed by atoms with Gasteiger partial charge in [-0.05, 0) is 31.2 Å². The Morgan fingerprint density at radius 1 is 0.955 bits per heavy atom. The molecule has 0 bridgehead atoms. The molecule has 114 valence electrons. The number of rotatable bonds is 6. The summed E-state index contributed by atoms with van der Waals surface area (Å²) in [7, 11) is 0. The summed E-state index contributed by atoms with van der Waals surface area (Å²) < 4.78 is 4.97. The van der Waals surface area contributed by atoms with Gasteiger partial charge < -0.3 is 15.4 Å². The molecule has 2 aromatic carbocycles. The maximum atomic E-state index is 12.4. The molecule has 0 spiro atoms. The number of esters is 1. The molecular weight excluding hydrogens is 280 g/mol. The molecule has 5 nitrogen and oxygen atoms in total. The fourth-order valence-corrected chi connectivity index (χ4v) is 1.89. The van der Waals surface area contributed by atoms with E-state index in [0.717, 1.165) is 0 Å². The van der Waals surface area contributed by atoms with Crippen LogP contribution >= 0.6 is 0 Å². The van der Waals surface area contributed by atoms with Crippen molar-refractivity contribution in [1.82, 2.24) is 0 Å². The second-order valence-corrected chi connectivity index (χ2v) is 4.55. The molecule has 2 aromatic rings. The maximum Gasteiger partial charge on any atom is 0.338 e. The van der Waals surface area contributed by atoms with Crippen molar-refractivity contribution in [1.29, 1.82) is 0 Å². The molecule has 0 heterocycles. The summed E-state index contributed by atoms with van der Waals surface area (Å²) in [5, 5.41) is 5.60. The standard InChI is InChI=1S/C17H18N2O3/c1-2-22-17(21)15(18-13-9-5-3-6-10-13)16(20)19-14-11-7-4-8-12-14/h3-12,15,18H,2H2,1H3,(H,19,20). The summed E-state index contributed by atoms with van der Waals surface area (Å²) in [6.07, 6.45) is 0. The molecule has 1 unspecified atom stereocenters. The average molecular weight is 298 g/mol. The summed E-state index contributed by atoms with van der Waals surface area (Å²) in [4.78, 5) is 24.4. The van der Waals surface area contributed by atoms with Crippen molar-refractivity contribution >= 4 is 23.3 Å². The highest BCUT2D eigenvalue weighted by Crippen LogP contribution is 2.11. The predicted octanol–water partition coefficient (Wildman–Crippen LogP) is 2.67. The largest absolute Gasteiger partial charge is 0.464 e. The normalized spacial score (nSPS) is 11.3. The molecule has 0 aliphatic carbocycles. The Kier molecular flexibility index (Phi) is 5.54. The highest BCUT2D eigenvalue weighted by Gasteiger charge is 2.28. The molecule has 5 heteroatoms. The third-order valence-electron chi connectivity index (χ3n) is 2.91. The minimum atomic E-state index is -1.11. The number of anilines is 2. The summed E-state index contributed by atoms with van der Waals surface area (Å²) in [6.45, 7) is 1.91. The van der Waals surface area contributed by atoms with Crippen LogP contribution in [0.1, 0.15) is 6.92 Å². The molecule has 0 aromatic heterocycles. The van der Waals surface area contributed by atoms with Gasteiger partial charge in [0.1, 0.15) is 0 Å². The molecule has 2 rings (SSSR count). The second kappa shape index (κ2) is 7.83. The van der Waals surface area contributed by atoms with Crippen LogP contribution < -0.4 is 10.6 Å². The highest BCUT2D eigenvalue weighted by atomic mass is 16.5. The summed E-state index contributed by atoms with van der Waals surface area (Å²) >= 11 is 0. The molecular formula is C17H18N2O3. The average Bonchev–Trinajstić information content (AvgIpc) is 2.54. The number of carbonyl (C=O) groups excluding carboxylic acids is 2. The van der Waals surface area contributed by atoms with Crippen molar-refractivity contribution in [3.63, 3.8) is 0 Å². The molecule has 2 N–H and O–H groups in total. The van der Waals surface area contributed by atoms with E-state index in [1.165, 1.54) is 0 Å². The number of hydrogen-bond acceptors (Lipinski definition) is 4. The Hall–Kier alpha value is -2.82. The first-order chi connectivity index (χ1) is 10.7. The third-order valence-corrected chi connectivity index (χ3v) is 2.91. The molecule has 0 saturated carbocycles. The lowest BCUT2D eigenvalue weighted by Gasteiger charge is -2.18. The van der Waals surface area contributed by atoms with E-state index >= 15 is 0 Å². The van der Waals surface area contributed by atoms with Crippen molar-refractivity contribution in [3.05, 3.63) is 60.7 Å². The minimum absolute atomic E-state index is 0.213. The molecule has 0 saturated heterocycles. The van der Waals surface area contributed by atoms with E-state index in [2.05, 4.69) is 10.6 Å². The monoisotopic (exact) mass is 298 g/mol. The maximum absolute atomic E-state index is 12.4. The number of hydrogen-bond donors (Lipinski definition) is 2. The fraction of sp³-hybridized carbons (Fsp3) is 0.176. The van der Waals surface area contributed by atoms with Gasteiger partial charge in [-0.15, -0.1) is 0 Å². The quantitative estimate of drug-likeness (QED) is 0.635. The van der Waals surface area contributed by atoms with Gasteiger partial charge in [-0.1, -0.05) is 36.4 Å². The van der Waals surface area contributed by atoms with E-state index in [4.69, 9.17) is 4.74 Å². The minimum Gasteiger partial charge on any atom is -0.464 e. The van der Waals surface area contributed by atoms with Gasteiger partial charge in [0.15, 0.2) is 0 Å². The Bertz CT molecular complexity index is 614. The fourth-order valence-electron chi connectivity index (χ4n) is 1.89. The Labute approximate surface area is 129 Å². The van der Waals surface area contributed by atoms with Crippen molar-refractivity contribution in [2.75, 3.05) is 17.2 Å². The zero-order valence-electron chi connectivity index (χ0n) is 12.3. The Morgan fingerprint density at radius 3 is 2.05 bits per heavy atom. The summed E-state index contributed by atoms with van der Waals surface area (Å²) in [5.41, 5.74) is 1.29. The Balaban J connectivity index is 2.13. The van der Waals surface area contributed by atoms with Crippen molar-refractivity contribution in [2.24, 2.45) is 0 Å². The number of nitrogens with one attached hydrogen (secondary N) is 2. The van der Waals surface area contributed by atoms with Gasteiger partial charge in [0, 0.05) is 11.4 Å². The number of ether oxygens (including phenoxy) is 1. The lowest BCUT2D eigenvalue weighted by Crippen LogP contribution is -2.42. The number of para-hydroxylation sites is 2. The van der Waals surface area contributed by atoms with Gasteiger partial charge in [-0.3, -0.25) is 4.79 Å². The van der Waals surface area contributed by atoms with E-state index in [0.29, 0.717) is 11.4 Å². The Morgan fingerprint density at radius 2 is 1.50 bits per heavy atom. The smallest absolute Gasteiger partial charge is 0.338 e. The van der Waals surface area contributed by atoms with E-state index in [1.54, 1.807) is 43.3 Å². The lowest BCUT2D eigenvalue weighted by atomic mass is 10.2. The van der Waals surface area contributed by atoms with E-state index in [1.807, 2.05) is 24.3 Å². The van der Waals surface area contributed by atoms with Crippen LogP contribution in [-0.2, 0) is 14.3 Å². The van der Waals surface area contributed by atoms with E-state index < -0.39 is 17.9 Å². The molecule has 1 atom stereocenters. The zero-order valence-corrected chi connectivity index (χ0v) is 12.3. The molecule has 0 radical (unpaired) electrons. The van der Waals surface area contributed by atoms with Crippen LogP contribution in [0.5, 0.6) is 0 Å². The van der Waals surface area contributed by atoms with Crippen LogP contribution in [-0.4, -0.2) is 24.5 Å². The molecule has 0 aliphatic rings. The molecule has 1 amide bonds. The van der Waals surface area contributed by atoms with E-state index in [-0.39, 0.29) is 6.61 Å². The van der Waals surface area contributed by atoms with Crippen LogP contribution in [0, 0.1) is 0 Å². The third kappa shape index (κ3) is 4.34. The van der Waals surface area contributed by atoms with Gasteiger partial charge in [0.05, 0.1) is 6.61 Å². The second-order valence-electron chi connectivity index (χ2n) is 4.55. The molecule has 0 fully saturated rings. The molecule has 0 aliphatic heterocycles. The first kappa shape index (κ1) is 15.6. The van der Waals surface area contributed by atoms with Crippen molar-refractivity contribution in [2.45, 2.75) is 13.0 Å². The number of carbonyl (C=O) groups is 2. The predicted molar refractivity (Wildman–Crippen MR) is 85.6 cm³/mol. The summed E-state index contributed by atoms with van der Waals surface area (Å²) in [6, 6.07) is 16.9. The van der Waals surface area contributed by atoms with Gasteiger partial charge in [-0.2, -0.15) is 0 Å². The lowest BCUT2D eigenvalue weighted by molar-refractivity contribution is -0.146. The van der Waals surface area contributed by atoms with Crippen LogP contribution in [0.2, 0.25) is 0 Å². The first-order valence-electron chi connectivity index (χ1n) is 7.05.